The van der Waals surface area contributed by atoms with Gasteiger partial charge in [0.25, 0.3) is 11.8 Å². The molecule has 2 saturated heterocycles. The first kappa shape index (κ1) is 20.9. The predicted molar refractivity (Wildman–Crippen MR) is 127 cm³/mol. The number of amides is 2. The molecule has 2 aliphatic rings. The van der Waals surface area contributed by atoms with Crippen LogP contribution in [0, 0.1) is 6.92 Å². The molecule has 8 heteroatoms. The SMILES string of the molecule is Cc1ccc(C(=O)NN2C(=O)/C(=C\c3ccc(N4CCCC4)cc3)SC2=S)c(Cl)c1. The molecule has 2 heterocycles. The number of nitrogens with zero attached hydrogens (tertiary/aromatic N) is 2. The van der Waals surface area contributed by atoms with Crippen molar-refractivity contribution in [3.05, 3.63) is 69.1 Å². The van der Waals surface area contributed by atoms with E-state index in [2.05, 4.69) is 22.5 Å². The van der Waals surface area contributed by atoms with Crippen LogP contribution >= 0.6 is 35.6 Å². The number of thiocarbonyl (C=S) groups is 1. The zero-order valence-electron chi connectivity index (χ0n) is 16.4. The second kappa shape index (κ2) is 8.79. The molecule has 2 aromatic rings. The van der Waals surface area contributed by atoms with Crippen LogP contribution in [0.25, 0.3) is 6.08 Å². The number of carbonyl (C=O) groups excluding carboxylic acids is 2. The van der Waals surface area contributed by atoms with Crippen LogP contribution in [0.5, 0.6) is 0 Å². The minimum Gasteiger partial charge on any atom is -0.372 e. The number of halogens is 1. The van der Waals surface area contributed by atoms with Gasteiger partial charge in [0, 0.05) is 18.8 Å². The lowest BCUT2D eigenvalue weighted by atomic mass is 10.1. The van der Waals surface area contributed by atoms with Crippen molar-refractivity contribution in [2.24, 2.45) is 0 Å². The van der Waals surface area contributed by atoms with E-state index in [0.29, 0.717) is 9.93 Å². The van der Waals surface area contributed by atoms with E-state index in [0.717, 1.165) is 41.0 Å². The fourth-order valence-electron chi connectivity index (χ4n) is 3.44. The van der Waals surface area contributed by atoms with Gasteiger partial charge in [-0.3, -0.25) is 15.0 Å². The number of aryl methyl sites for hydroxylation is 1. The van der Waals surface area contributed by atoms with Gasteiger partial charge < -0.3 is 4.90 Å². The molecule has 5 nitrogen and oxygen atoms in total. The minimum atomic E-state index is -0.479. The maximum atomic E-state index is 12.8. The molecule has 4 rings (SSSR count). The molecule has 0 saturated carbocycles. The van der Waals surface area contributed by atoms with Crippen molar-refractivity contribution in [3.8, 4) is 0 Å². The summed E-state index contributed by atoms with van der Waals surface area (Å²) in [6, 6.07) is 13.2. The van der Waals surface area contributed by atoms with Crippen molar-refractivity contribution < 1.29 is 9.59 Å². The Kier molecular flexibility index (Phi) is 6.13. The Hall–Kier alpha value is -2.35. The Balaban J connectivity index is 1.47. The van der Waals surface area contributed by atoms with Crippen LogP contribution in [0.15, 0.2) is 47.4 Å². The molecule has 0 atom stereocenters. The van der Waals surface area contributed by atoms with Crippen LogP contribution in [0.1, 0.15) is 34.3 Å². The second-order valence-electron chi connectivity index (χ2n) is 7.23. The van der Waals surface area contributed by atoms with E-state index in [-0.39, 0.29) is 15.8 Å². The van der Waals surface area contributed by atoms with Crippen molar-refractivity contribution in [1.82, 2.24) is 10.4 Å². The summed E-state index contributed by atoms with van der Waals surface area (Å²) < 4.78 is 0.275. The van der Waals surface area contributed by atoms with Crippen molar-refractivity contribution >= 4 is 63.5 Å². The molecule has 2 aromatic carbocycles. The Morgan fingerprint density at radius 1 is 1.17 bits per heavy atom. The molecule has 2 amide bonds. The Labute approximate surface area is 190 Å². The molecule has 0 radical (unpaired) electrons. The van der Waals surface area contributed by atoms with Gasteiger partial charge in [-0.15, -0.1) is 0 Å². The lowest BCUT2D eigenvalue weighted by molar-refractivity contribution is -0.123. The normalized spacial score (nSPS) is 17.9. The van der Waals surface area contributed by atoms with E-state index in [1.165, 1.54) is 18.5 Å². The zero-order valence-corrected chi connectivity index (χ0v) is 18.7. The Bertz CT molecular complexity index is 1050. The summed E-state index contributed by atoms with van der Waals surface area (Å²) in [7, 11) is 0. The van der Waals surface area contributed by atoms with Crippen LogP contribution in [-0.2, 0) is 4.79 Å². The van der Waals surface area contributed by atoms with Gasteiger partial charge >= 0.3 is 0 Å². The van der Waals surface area contributed by atoms with Crippen LogP contribution < -0.4 is 10.3 Å². The van der Waals surface area contributed by atoms with Crippen molar-refractivity contribution in [2.45, 2.75) is 19.8 Å². The lowest BCUT2D eigenvalue weighted by Crippen LogP contribution is -2.44. The van der Waals surface area contributed by atoms with E-state index in [4.69, 9.17) is 23.8 Å². The molecular weight excluding hydrogens is 438 g/mol. The third-order valence-corrected chi connectivity index (χ3v) is 6.65. The van der Waals surface area contributed by atoms with Gasteiger partial charge in [-0.1, -0.05) is 41.6 Å². The molecular formula is C22H20ClN3O2S2. The van der Waals surface area contributed by atoms with Crippen LogP contribution in [0.2, 0.25) is 5.02 Å². The largest absolute Gasteiger partial charge is 0.372 e. The molecule has 154 valence electrons. The smallest absolute Gasteiger partial charge is 0.285 e. The first-order chi connectivity index (χ1) is 14.4. The number of anilines is 1. The summed E-state index contributed by atoms with van der Waals surface area (Å²) in [4.78, 5) is 28.2. The first-order valence-electron chi connectivity index (χ1n) is 9.62. The molecule has 0 bridgehead atoms. The first-order valence-corrected chi connectivity index (χ1v) is 11.2. The average molecular weight is 458 g/mol. The number of rotatable bonds is 4. The molecule has 0 spiro atoms. The van der Waals surface area contributed by atoms with Gasteiger partial charge in [0.05, 0.1) is 15.5 Å². The van der Waals surface area contributed by atoms with Gasteiger partial charge in [-0.05, 0) is 73.5 Å². The maximum absolute atomic E-state index is 12.8. The molecule has 2 aliphatic heterocycles. The van der Waals surface area contributed by atoms with Crippen molar-refractivity contribution in [2.75, 3.05) is 18.0 Å². The summed E-state index contributed by atoms with van der Waals surface area (Å²) in [6.07, 6.45) is 4.24. The molecule has 2 fully saturated rings. The molecule has 0 aliphatic carbocycles. The average Bonchev–Trinajstić information content (AvgIpc) is 3.33. The van der Waals surface area contributed by atoms with Gasteiger partial charge in [0.1, 0.15) is 0 Å². The number of hydrazine groups is 1. The van der Waals surface area contributed by atoms with Gasteiger partial charge in [-0.2, -0.15) is 5.01 Å². The summed E-state index contributed by atoms with van der Waals surface area (Å²) in [5.41, 5.74) is 5.91. The summed E-state index contributed by atoms with van der Waals surface area (Å²) in [5.74, 6) is -0.835. The standard InChI is InChI=1S/C22H20ClN3O2S2/c1-14-4-9-17(18(23)12-14)20(27)24-26-21(28)19(30-22(26)29)13-15-5-7-16(8-6-15)25-10-2-3-11-25/h4-9,12-13H,2-3,10-11H2,1H3,(H,24,27)/b19-13+. The quantitative estimate of drug-likeness (QED) is 0.528. The maximum Gasteiger partial charge on any atom is 0.285 e. The second-order valence-corrected chi connectivity index (χ2v) is 9.31. The molecule has 30 heavy (non-hydrogen) atoms. The fourth-order valence-corrected chi connectivity index (χ4v) is 4.94. The van der Waals surface area contributed by atoms with E-state index in [9.17, 15) is 9.59 Å². The number of hydrogen-bond donors (Lipinski definition) is 1. The number of nitrogens with one attached hydrogen (secondary N) is 1. The zero-order chi connectivity index (χ0) is 21.3. The van der Waals surface area contributed by atoms with Crippen LogP contribution in [0.4, 0.5) is 5.69 Å². The topological polar surface area (TPSA) is 52.7 Å². The number of benzene rings is 2. The van der Waals surface area contributed by atoms with Crippen molar-refractivity contribution in [3.63, 3.8) is 0 Å². The van der Waals surface area contributed by atoms with E-state index in [1.54, 1.807) is 24.3 Å². The van der Waals surface area contributed by atoms with Crippen LogP contribution in [0.3, 0.4) is 0 Å². The van der Waals surface area contributed by atoms with Crippen molar-refractivity contribution in [1.29, 1.82) is 0 Å². The highest BCUT2D eigenvalue weighted by molar-refractivity contribution is 8.26. The molecule has 0 unspecified atom stereocenters. The number of carbonyl (C=O) groups is 2. The Morgan fingerprint density at radius 2 is 1.87 bits per heavy atom. The molecule has 0 aromatic heterocycles. The van der Waals surface area contributed by atoms with Gasteiger partial charge in [0.15, 0.2) is 4.32 Å². The summed E-state index contributed by atoms with van der Waals surface area (Å²) in [5, 5.41) is 1.43. The van der Waals surface area contributed by atoms with Gasteiger partial charge in [-0.25, -0.2) is 0 Å². The monoisotopic (exact) mass is 457 g/mol. The lowest BCUT2D eigenvalue weighted by Gasteiger charge is -2.17. The van der Waals surface area contributed by atoms with E-state index < -0.39 is 5.91 Å². The third kappa shape index (κ3) is 4.38. The highest BCUT2D eigenvalue weighted by atomic mass is 35.5. The highest BCUT2D eigenvalue weighted by Crippen LogP contribution is 2.32. The molecule has 1 N–H and O–H groups in total. The number of hydrogen-bond acceptors (Lipinski definition) is 5. The van der Waals surface area contributed by atoms with E-state index in [1.807, 2.05) is 19.1 Å². The van der Waals surface area contributed by atoms with Gasteiger partial charge in [0.2, 0.25) is 0 Å². The Morgan fingerprint density at radius 3 is 2.53 bits per heavy atom. The van der Waals surface area contributed by atoms with Crippen LogP contribution in [-0.4, -0.2) is 34.2 Å². The minimum absolute atomic E-state index is 0.275. The summed E-state index contributed by atoms with van der Waals surface area (Å²) >= 11 is 12.6. The fraction of sp³-hybridized carbons (Fsp3) is 0.227. The third-order valence-electron chi connectivity index (χ3n) is 5.04. The number of thioether (sulfide) groups is 1. The van der Waals surface area contributed by atoms with E-state index >= 15 is 0 Å². The highest BCUT2D eigenvalue weighted by Gasteiger charge is 2.34. The summed E-state index contributed by atoms with van der Waals surface area (Å²) in [6.45, 7) is 4.06. The predicted octanol–water partition coefficient (Wildman–Crippen LogP) is 4.79.